The minimum atomic E-state index is -0.856. The Kier molecular flexibility index (Phi) is 6.16. The van der Waals surface area contributed by atoms with E-state index in [1.807, 2.05) is 63.5 Å². The van der Waals surface area contributed by atoms with E-state index in [0.717, 1.165) is 24.1 Å². The Morgan fingerprint density at radius 1 is 1.00 bits per heavy atom. The molecule has 0 aliphatic rings. The number of carbonyl (C=O) groups is 1. The molecule has 0 saturated heterocycles. The van der Waals surface area contributed by atoms with Crippen LogP contribution in [0.1, 0.15) is 29.5 Å². The lowest BCUT2D eigenvalue weighted by molar-refractivity contribution is -0.144. The number of carboxylic acid groups (broad SMARTS) is 1. The van der Waals surface area contributed by atoms with Crippen molar-refractivity contribution >= 4 is 5.97 Å². The number of rotatable bonds is 8. The van der Waals surface area contributed by atoms with Gasteiger partial charge in [0, 0.05) is 0 Å². The first-order chi connectivity index (χ1) is 11.5. The van der Waals surface area contributed by atoms with Gasteiger partial charge >= 0.3 is 5.97 Å². The quantitative estimate of drug-likeness (QED) is 0.800. The van der Waals surface area contributed by atoms with Crippen LogP contribution in [0.15, 0.2) is 54.6 Å². The number of nitrogens with zero attached hydrogens (tertiary/aromatic N) is 1. The van der Waals surface area contributed by atoms with Crippen LogP contribution in [0.2, 0.25) is 0 Å². The maximum atomic E-state index is 12.4. The van der Waals surface area contributed by atoms with E-state index in [4.69, 9.17) is 0 Å². The van der Waals surface area contributed by atoms with Crippen LogP contribution in [0.5, 0.6) is 0 Å². The fourth-order valence-electron chi connectivity index (χ4n) is 3.25. The maximum Gasteiger partial charge on any atom is 0.314 e. The third kappa shape index (κ3) is 4.24. The Bertz CT molecular complexity index is 667. The fourth-order valence-corrected chi connectivity index (χ4v) is 3.25. The highest BCUT2D eigenvalue weighted by atomic mass is 16.4. The van der Waals surface area contributed by atoms with E-state index in [0.29, 0.717) is 12.8 Å². The SMILES string of the molecule is Cc1ccccc1C(CCc1ccccc1)(CCN(C)C)C(=O)O. The molecule has 3 heteroatoms. The summed E-state index contributed by atoms with van der Waals surface area (Å²) in [5, 5.41) is 10.2. The molecule has 0 fully saturated rings. The lowest BCUT2D eigenvalue weighted by Crippen LogP contribution is -2.40. The molecule has 0 aliphatic heterocycles. The van der Waals surface area contributed by atoms with Crippen molar-refractivity contribution in [1.82, 2.24) is 4.90 Å². The van der Waals surface area contributed by atoms with Crippen LogP contribution in [0, 0.1) is 6.92 Å². The van der Waals surface area contributed by atoms with Gasteiger partial charge in [0.05, 0.1) is 5.41 Å². The third-order valence-electron chi connectivity index (χ3n) is 4.74. The number of hydrogen-bond donors (Lipinski definition) is 1. The van der Waals surface area contributed by atoms with Crippen molar-refractivity contribution in [2.75, 3.05) is 20.6 Å². The van der Waals surface area contributed by atoms with Crippen LogP contribution in [-0.4, -0.2) is 36.6 Å². The van der Waals surface area contributed by atoms with E-state index in [-0.39, 0.29) is 0 Å². The minimum absolute atomic E-state index is 0.602. The predicted molar refractivity (Wildman–Crippen MR) is 98.4 cm³/mol. The third-order valence-corrected chi connectivity index (χ3v) is 4.74. The first-order valence-electron chi connectivity index (χ1n) is 8.44. The van der Waals surface area contributed by atoms with Crippen LogP contribution >= 0.6 is 0 Å². The minimum Gasteiger partial charge on any atom is -0.481 e. The van der Waals surface area contributed by atoms with Crippen LogP contribution in [-0.2, 0) is 16.6 Å². The summed E-state index contributed by atoms with van der Waals surface area (Å²) in [5.74, 6) is -0.727. The monoisotopic (exact) mass is 325 g/mol. The molecule has 0 aromatic heterocycles. The second-order valence-electron chi connectivity index (χ2n) is 6.74. The Hall–Kier alpha value is -2.13. The molecule has 1 unspecified atom stereocenters. The highest BCUT2D eigenvalue weighted by Crippen LogP contribution is 2.36. The van der Waals surface area contributed by atoms with Crippen molar-refractivity contribution < 1.29 is 9.90 Å². The number of carboxylic acids is 1. The lowest BCUT2D eigenvalue weighted by Gasteiger charge is -2.32. The molecule has 0 aliphatic carbocycles. The second-order valence-corrected chi connectivity index (χ2v) is 6.74. The van der Waals surface area contributed by atoms with Gasteiger partial charge in [0.25, 0.3) is 0 Å². The summed E-state index contributed by atoms with van der Waals surface area (Å²) < 4.78 is 0. The highest BCUT2D eigenvalue weighted by Gasteiger charge is 2.40. The molecule has 0 heterocycles. The molecule has 0 spiro atoms. The molecule has 24 heavy (non-hydrogen) atoms. The summed E-state index contributed by atoms with van der Waals surface area (Å²) in [6.45, 7) is 2.75. The molecule has 0 radical (unpaired) electrons. The maximum absolute atomic E-state index is 12.4. The molecule has 0 bridgehead atoms. The predicted octanol–water partition coefficient (Wildman–Crippen LogP) is 3.90. The number of aliphatic carboxylic acids is 1. The van der Waals surface area contributed by atoms with E-state index in [2.05, 4.69) is 17.0 Å². The van der Waals surface area contributed by atoms with E-state index in [1.165, 1.54) is 5.56 Å². The van der Waals surface area contributed by atoms with E-state index in [9.17, 15) is 9.90 Å². The fraction of sp³-hybridized carbons (Fsp3) is 0.381. The van der Waals surface area contributed by atoms with Crippen molar-refractivity contribution in [2.45, 2.75) is 31.6 Å². The average molecular weight is 325 g/mol. The Morgan fingerprint density at radius 2 is 1.62 bits per heavy atom. The molecular weight excluding hydrogens is 298 g/mol. The van der Waals surface area contributed by atoms with E-state index in [1.54, 1.807) is 0 Å². The van der Waals surface area contributed by atoms with Gasteiger partial charge in [-0.25, -0.2) is 0 Å². The number of aryl methyl sites for hydroxylation is 2. The van der Waals surface area contributed by atoms with Crippen LogP contribution < -0.4 is 0 Å². The molecule has 2 rings (SSSR count). The van der Waals surface area contributed by atoms with Crippen molar-refractivity contribution in [3.63, 3.8) is 0 Å². The van der Waals surface area contributed by atoms with Crippen molar-refractivity contribution in [3.8, 4) is 0 Å². The molecule has 2 aromatic rings. The molecule has 128 valence electrons. The van der Waals surface area contributed by atoms with Gasteiger partial charge in [-0.2, -0.15) is 0 Å². The summed E-state index contributed by atoms with van der Waals surface area (Å²) in [4.78, 5) is 14.4. The topological polar surface area (TPSA) is 40.5 Å². The second kappa shape index (κ2) is 8.11. The summed E-state index contributed by atoms with van der Waals surface area (Å²) >= 11 is 0. The van der Waals surface area contributed by atoms with Crippen LogP contribution in [0.25, 0.3) is 0 Å². The first-order valence-corrected chi connectivity index (χ1v) is 8.44. The number of hydrogen-bond acceptors (Lipinski definition) is 2. The normalized spacial score (nSPS) is 13.7. The van der Waals surface area contributed by atoms with Crippen LogP contribution in [0.3, 0.4) is 0 Å². The van der Waals surface area contributed by atoms with Crippen molar-refractivity contribution in [1.29, 1.82) is 0 Å². The molecule has 0 amide bonds. The van der Waals surface area contributed by atoms with Gasteiger partial charge in [-0.05, 0) is 63.5 Å². The zero-order valence-corrected chi connectivity index (χ0v) is 14.8. The summed E-state index contributed by atoms with van der Waals surface area (Å²) in [5.41, 5.74) is 2.31. The summed E-state index contributed by atoms with van der Waals surface area (Å²) in [6.07, 6.45) is 1.97. The molecular formula is C21H27NO2. The van der Waals surface area contributed by atoms with Gasteiger partial charge in [0.2, 0.25) is 0 Å². The average Bonchev–Trinajstić information content (AvgIpc) is 2.57. The highest BCUT2D eigenvalue weighted by molar-refractivity contribution is 5.82. The molecule has 2 aromatic carbocycles. The number of benzene rings is 2. The summed E-state index contributed by atoms with van der Waals surface area (Å²) in [7, 11) is 3.98. The van der Waals surface area contributed by atoms with Gasteiger partial charge in [-0.3, -0.25) is 4.79 Å². The Morgan fingerprint density at radius 3 is 2.21 bits per heavy atom. The largest absolute Gasteiger partial charge is 0.481 e. The van der Waals surface area contributed by atoms with Gasteiger partial charge < -0.3 is 10.0 Å². The smallest absolute Gasteiger partial charge is 0.314 e. The Labute approximate surface area is 144 Å². The zero-order chi connectivity index (χ0) is 17.6. The van der Waals surface area contributed by atoms with Gasteiger partial charge in [-0.15, -0.1) is 0 Å². The van der Waals surface area contributed by atoms with Gasteiger partial charge in [0.1, 0.15) is 0 Å². The lowest BCUT2D eigenvalue weighted by atomic mass is 9.71. The van der Waals surface area contributed by atoms with Gasteiger partial charge in [0.15, 0.2) is 0 Å². The summed E-state index contributed by atoms with van der Waals surface area (Å²) in [6, 6.07) is 18.0. The molecule has 0 saturated carbocycles. The molecule has 1 N–H and O–H groups in total. The molecule has 3 nitrogen and oxygen atoms in total. The van der Waals surface area contributed by atoms with Crippen molar-refractivity contribution in [3.05, 3.63) is 71.3 Å². The Balaban J connectivity index is 2.38. The zero-order valence-electron chi connectivity index (χ0n) is 14.8. The first kappa shape index (κ1) is 18.2. The molecule has 1 atom stereocenters. The van der Waals surface area contributed by atoms with Crippen LogP contribution in [0.4, 0.5) is 0 Å². The van der Waals surface area contributed by atoms with Gasteiger partial charge in [-0.1, -0.05) is 54.6 Å². The van der Waals surface area contributed by atoms with E-state index >= 15 is 0 Å². The standard InChI is InChI=1S/C21H27NO2/c1-17-9-7-8-12-19(17)21(20(23)24,15-16-22(2)3)14-13-18-10-5-4-6-11-18/h4-12H,13-16H2,1-3H3,(H,23,24). The van der Waals surface area contributed by atoms with E-state index < -0.39 is 11.4 Å². The van der Waals surface area contributed by atoms with Crippen molar-refractivity contribution in [2.24, 2.45) is 0 Å².